The van der Waals surface area contributed by atoms with Gasteiger partial charge in [-0.05, 0) is 110 Å². The van der Waals surface area contributed by atoms with Crippen molar-refractivity contribution in [3.8, 4) is 55.6 Å². The third-order valence-electron chi connectivity index (χ3n) is 9.14. The highest BCUT2D eigenvalue weighted by Gasteiger charge is 2.23. The van der Waals surface area contributed by atoms with Crippen molar-refractivity contribution in [1.82, 2.24) is 9.97 Å². The van der Waals surface area contributed by atoms with E-state index in [1.807, 2.05) is 36.9 Å². The van der Waals surface area contributed by atoms with Gasteiger partial charge in [0.15, 0.2) is 0 Å². The van der Waals surface area contributed by atoms with E-state index in [-0.39, 0.29) is 0 Å². The van der Waals surface area contributed by atoms with Gasteiger partial charge in [0.25, 0.3) is 0 Å². The van der Waals surface area contributed by atoms with Crippen LogP contribution in [0.2, 0.25) is 0 Å². The molecule has 47 heavy (non-hydrogen) atoms. The highest BCUT2D eigenvalue weighted by molar-refractivity contribution is 6.18. The molecule has 2 aromatic heterocycles. The molecule has 1 aliphatic carbocycles. The van der Waals surface area contributed by atoms with E-state index < -0.39 is 0 Å². The number of pyridine rings is 2. The van der Waals surface area contributed by atoms with E-state index in [1.165, 1.54) is 44.2 Å². The van der Waals surface area contributed by atoms with Gasteiger partial charge in [-0.15, -0.1) is 0 Å². The Kier molecular flexibility index (Phi) is 6.46. The maximum absolute atomic E-state index is 4.43. The monoisotopic (exact) mass is 599 g/mol. The number of aromatic nitrogens is 2. The molecule has 3 heteroatoms. The summed E-state index contributed by atoms with van der Waals surface area (Å²) in [7, 11) is 0. The van der Waals surface area contributed by atoms with Gasteiger partial charge in [0, 0.05) is 53.0 Å². The van der Waals surface area contributed by atoms with Crippen LogP contribution in [0.4, 0.5) is 17.1 Å². The third kappa shape index (κ3) is 4.68. The smallest absolute Gasteiger partial charge is 0.0474 e. The topological polar surface area (TPSA) is 29.0 Å². The number of fused-ring (bicyclic) bond motifs is 3. The third-order valence-corrected chi connectivity index (χ3v) is 9.14. The second-order valence-electron chi connectivity index (χ2n) is 11.9. The molecule has 0 spiro atoms. The molecule has 0 fully saturated rings. The molecule has 0 N–H and O–H groups in total. The number of hydrogen-bond acceptors (Lipinski definition) is 3. The zero-order valence-corrected chi connectivity index (χ0v) is 25.6. The van der Waals surface area contributed by atoms with Gasteiger partial charge >= 0.3 is 0 Å². The van der Waals surface area contributed by atoms with Crippen LogP contribution < -0.4 is 4.90 Å². The summed E-state index contributed by atoms with van der Waals surface area (Å²) in [5, 5.41) is 2.61. The average Bonchev–Trinajstić information content (AvgIpc) is 3.48. The largest absolute Gasteiger partial charge is 0.310 e. The molecule has 0 aliphatic heterocycles. The Bertz CT molecular complexity index is 2310. The van der Waals surface area contributed by atoms with Crippen LogP contribution in [-0.4, -0.2) is 9.97 Å². The fourth-order valence-electron chi connectivity index (χ4n) is 7.04. The zero-order chi connectivity index (χ0) is 31.2. The maximum atomic E-state index is 4.43. The maximum Gasteiger partial charge on any atom is 0.0474 e. The number of para-hydroxylation sites is 1. The zero-order valence-electron chi connectivity index (χ0n) is 25.6. The molecule has 0 saturated carbocycles. The van der Waals surface area contributed by atoms with Gasteiger partial charge in [0.1, 0.15) is 0 Å². The van der Waals surface area contributed by atoms with E-state index in [9.17, 15) is 0 Å². The Morgan fingerprint density at radius 2 is 0.894 bits per heavy atom. The molecule has 0 amide bonds. The van der Waals surface area contributed by atoms with Gasteiger partial charge in [0.2, 0.25) is 0 Å². The highest BCUT2D eigenvalue weighted by atomic mass is 15.1. The Balaban J connectivity index is 1.23. The van der Waals surface area contributed by atoms with Crippen LogP contribution in [0.5, 0.6) is 0 Å². The van der Waals surface area contributed by atoms with Gasteiger partial charge in [-0.2, -0.15) is 0 Å². The van der Waals surface area contributed by atoms with E-state index in [0.717, 1.165) is 39.3 Å². The number of rotatable bonds is 6. The van der Waals surface area contributed by atoms with Crippen molar-refractivity contribution >= 4 is 27.8 Å². The normalized spacial score (nSPS) is 11.4. The van der Waals surface area contributed by atoms with E-state index in [2.05, 4.69) is 154 Å². The minimum Gasteiger partial charge on any atom is -0.310 e. The van der Waals surface area contributed by atoms with Gasteiger partial charge < -0.3 is 4.90 Å². The summed E-state index contributed by atoms with van der Waals surface area (Å²) >= 11 is 0. The molecular formula is C44H29N3. The minimum absolute atomic E-state index is 1.06. The quantitative estimate of drug-likeness (QED) is 0.190. The van der Waals surface area contributed by atoms with Gasteiger partial charge in [-0.3, -0.25) is 9.97 Å². The van der Waals surface area contributed by atoms with Crippen molar-refractivity contribution in [3.05, 3.63) is 176 Å². The van der Waals surface area contributed by atoms with Crippen LogP contribution in [0.3, 0.4) is 0 Å². The Labute approximate surface area is 274 Å². The standard InChI is InChI=1S/C44H29N3/c1-2-13-35(14-3-1)47(37-26-33(31-11-8-22-45-28-31)24-34(27-37)32-12-9-23-46-29-32)36-15-6-10-30(25-36)38-20-21-43-40-17-5-4-16-39(40)42-19-7-18-41(38)44(42)43/h1-29H. The second-order valence-corrected chi connectivity index (χ2v) is 11.9. The lowest BCUT2D eigenvalue weighted by Gasteiger charge is -2.27. The van der Waals surface area contributed by atoms with E-state index in [4.69, 9.17) is 0 Å². The molecule has 8 aromatic rings. The molecule has 0 atom stereocenters. The van der Waals surface area contributed by atoms with Crippen molar-refractivity contribution in [1.29, 1.82) is 0 Å². The fraction of sp³-hybridized carbons (Fsp3) is 0. The van der Waals surface area contributed by atoms with Crippen LogP contribution in [0.15, 0.2) is 176 Å². The van der Waals surface area contributed by atoms with E-state index in [0.29, 0.717) is 0 Å². The molecule has 0 radical (unpaired) electrons. The summed E-state index contributed by atoms with van der Waals surface area (Å²) in [6.07, 6.45) is 7.48. The average molecular weight is 600 g/mol. The van der Waals surface area contributed by atoms with E-state index in [1.54, 1.807) is 0 Å². The number of nitrogens with zero attached hydrogens (tertiary/aromatic N) is 3. The van der Waals surface area contributed by atoms with Crippen LogP contribution in [0, 0.1) is 0 Å². The molecule has 1 aliphatic rings. The first-order valence-electron chi connectivity index (χ1n) is 15.9. The molecule has 2 heterocycles. The fourth-order valence-corrected chi connectivity index (χ4v) is 7.04. The number of anilines is 3. The summed E-state index contributed by atoms with van der Waals surface area (Å²) in [5.74, 6) is 0. The molecule has 3 nitrogen and oxygen atoms in total. The lowest BCUT2D eigenvalue weighted by atomic mass is 9.94. The molecule has 0 unspecified atom stereocenters. The first-order valence-corrected chi connectivity index (χ1v) is 15.9. The predicted molar refractivity (Wildman–Crippen MR) is 195 cm³/mol. The Morgan fingerprint density at radius 3 is 1.57 bits per heavy atom. The molecule has 0 bridgehead atoms. The van der Waals surface area contributed by atoms with Crippen LogP contribution in [-0.2, 0) is 0 Å². The van der Waals surface area contributed by atoms with Crippen molar-refractivity contribution < 1.29 is 0 Å². The number of hydrogen-bond donors (Lipinski definition) is 0. The van der Waals surface area contributed by atoms with Crippen molar-refractivity contribution in [2.45, 2.75) is 0 Å². The molecule has 9 rings (SSSR count). The first-order chi connectivity index (χ1) is 23.3. The van der Waals surface area contributed by atoms with Gasteiger partial charge in [-0.1, -0.05) is 97.1 Å². The summed E-state index contributed by atoms with van der Waals surface area (Å²) in [6.45, 7) is 0. The van der Waals surface area contributed by atoms with Crippen molar-refractivity contribution in [3.63, 3.8) is 0 Å². The molecule has 220 valence electrons. The molecular weight excluding hydrogens is 571 g/mol. The Morgan fingerprint density at radius 1 is 0.340 bits per heavy atom. The summed E-state index contributed by atoms with van der Waals surface area (Å²) in [4.78, 5) is 11.2. The van der Waals surface area contributed by atoms with Crippen LogP contribution >= 0.6 is 0 Å². The SMILES string of the molecule is c1ccc(N(c2cc(-c3cccnc3)cc(-c3cccnc3)c2)c2cccc(-c3ccc4c5c(cccc35)-c3ccccc3-4)c2)cc1. The predicted octanol–water partition coefficient (Wildman–Crippen LogP) is 11.7. The summed E-state index contributed by atoms with van der Waals surface area (Å²) in [6, 6.07) is 54.5. The highest BCUT2D eigenvalue weighted by Crippen LogP contribution is 2.49. The van der Waals surface area contributed by atoms with Crippen molar-refractivity contribution in [2.75, 3.05) is 4.90 Å². The summed E-state index contributed by atoms with van der Waals surface area (Å²) in [5.41, 5.74) is 15.2. The summed E-state index contributed by atoms with van der Waals surface area (Å²) < 4.78 is 0. The van der Waals surface area contributed by atoms with Crippen LogP contribution in [0.25, 0.3) is 66.4 Å². The van der Waals surface area contributed by atoms with Gasteiger partial charge in [-0.25, -0.2) is 0 Å². The molecule has 6 aromatic carbocycles. The van der Waals surface area contributed by atoms with E-state index >= 15 is 0 Å². The van der Waals surface area contributed by atoms with Crippen molar-refractivity contribution in [2.24, 2.45) is 0 Å². The lowest BCUT2D eigenvalue weighted by molar-refractivity contribution is 1.28. The first kappa shape index (κ1) is 27.0. The number of benzene rings is 6. The lowest BCUT2D eigenvalue weighted by Crippen LogP contribution is -2.10. The second kappa shape index (κ2) is 11.2. The molecule has 0 saturated heterocycles. The Hall–Kier alpha value is -6.32. The van der Waals surface area contributed by atoms with Crippen LogP contribution in [0.1, 0.15) is 0 Å². The minimum atomic E-state index is 1.06. The van der Waals surface area contributed by atoms with Gasteiger partial charge in [0.05, 0.1) is 0 Å².